The number of amides is 1. The summed E-state index contributed by atoms with van der Waals surface area (Å²) in [6.07, 6.45) is 0. The van der Waals surface area contributed by atoms with E-state index in [0.717, 1.165) is 10.2 Å². The summed E-state index contributed by atoms with van der Waals surface area (Å²) >= 11 is 2.68. The Morgan fingerprint density at radius 2 is 2.10 bits per heavy atom. The third-order valence-electron chi connectivity index (χ3n) is 2.93. The monoisotopic (exact) mass is 317 g/mol. The average Bonchev–Trinajstić information content (AvgIpc) is 3.04. The van der Waals surface area contributed by atoms with Crippen molar-refractivity contribution in [1.82, 2.24) is 9.97 Å². The summed E-state index contributed by atoms with van der Waals surface area (Å²) in [6, 6.07) is 5.34. The molecule has 0 atom stereocenters. The van der Waals surface area contributed by atoms with Crippen LogP contribution in [0.4, 0.5) is 5.13 Å². The van der Waals surface area contributed by atoms with Crippen LogP contribution in [0.5, 0.6) is 0 Å². The number of nitrogens with one attached hydrogen (secondary N) is 1. The van der Waals surface area contributed by atoms with Crippen molar-refractivity contribution in [3.63, 3.8) is 0 Å². The SMILES string of the molecule is CC(=O)c1sc(NC(=O)c2ccc3ncsc3c2)nc1C. The molecule has 3 aromatic rings. The van der Waals surface area contributed by atoms with Gasteiger partial charge in [0.05, 0.1) is 26.3 Å². The highest BCUT2D eigenvalue weighted by molar-refractivity contribution is 7.18. The van der Waals surface area contributed by atoms with Crippen LogP contribution in [0.25, 0.3) is 10.2 Å². The van der Waals surface area contributed by atoms with E-state index in [9.17, 15) is 9.59 Å². The summed E-state index contributed by atoms with van der Waals surface area (Å²) < 4.78 is 0.961. The van der Waals surface area contributed by atoms with Gasteiger partial charge in [0.2, 0.25) is 0 Å². The molecule has 0 saturated carbocycles. The zero-order valence-corrected chi connectivity index (χ0v) is 13.0. The Morgan fingerprint density at radius 3 is 2.81 bits per heavy atom. The number of ketones is 1. The predicted molar refractivity (Wildman–Crippen MR) is 84.4 cm³/mol. The number of thiazole rings is 2. The third-order valence-corrected chi connectivity index (χ3v) is 4.90. The zero-order valence-electron chi connectivity index (χ0n) is 11.3. The van der Waals surface area contributed by atoms with Gasteiger partial charge in [-0.15, -0.1) is 11.3 Å². The molecule has 0 aliphatic carbocycles. The molecular formula is C14H11N3O2S2. The highest BCUT2D eigenvalue weighted by Crippen LogP contribution is 2.24. The predicted octanol–water partition coefficient (Wildman–Crippen LogP) is 3.52. The smallest absolute Gasteiger partial charge is 0.257 e. The van der Waals surface area contributed by atoms with E-state index < -0.39 is 0 Å². The van der Waals surface area contributed by atoms with Crippen LogP contribution < -0.4 is 5.32 Å². The summed E-state index contributed by atoms with van der Waals surface area (Å²) in [5.74, 6) is -0.286. The first-order chi connectivity index (χ1) is 10.0. The second-order valence-corrected chi connectivity index (χ2v) is 6.36. The van der Waals surface area contributed by atoms with E-state index in [1.165, 1.54) is 29.6 Å². The number of benzene rings is 1. The molecule has 1 N–H and O–H groups in total. The Kier molecular flexibility index (Phi) is 3.52. The Hall–Kier alpha value is -2.12. The van der Waals surface area contributed by atoms with Crippen LogP contribution in [0.15, 0.2) is 23.7 Å². The minimum Gasteiger partial charge on any atom is -0.298 e. The van der Waals surface area contributed by atoms with E-state index in [4.69, 9.17) is 0 Å². The van der Waals surface area contributed by atoms with E-state index in [1.807, 2.05) is 6.07 Å². The molecule has 2 heterocycles. The maximum absolute atomic E-state index is 12.2. The number of carbonyl (C=O) groups excluding carboxylic acids is 2. The van der Waals surface area contributed by atoms with Gasteiger partial charge in [0.15, 0.2) is 10.9 Å². The van der Waals surface area contributed by atoms with Crippen LogP contribution >= 0.6 is 22.7 Å². The molecule has 7 heteroatoms. The molecule has 1 amide bonds. The Balaban J connectivity index is 1.85. The lowest BCUT2D eigenvalue weighted by Gasteiger charge is -2.01. The number of nitrogens with zero attached hydrogens (tertiary/aromatic N) is 2. The lowest BCUT2D eigenvalue weighted by molar-refractivity contribution is 0.101. The fourth-order valence-corrected chi connectivity index (χ4v) is 3.52. The molecule has 0 unspecified atom stereocenters. The lowest BCUT2D eigenvalue weighted by Crippen LogP contribution is -2.11. The first-order valence-corrected chi connectivity index (χ1v) is 7.87. The molecule has 0 fully saturated rings. The first-order valence-electron chi connectivity index (χ1n) is 6.17. The van der Waals surface area contributed by atoms with Gasteiger partial charge in [-0.05, 0) is 25.1 Å². The maximum atomic E-state index is 12.2. The number of anilines is 1. The highest BCUT2D eigenvalue weighted by Gasteiger charge is 2.14. The molecule has 0 aliphatic heterocycles. The quantitative estimate of drug-likeness (QED) is 0.750. The lowest BCUT2D eigenvalue weighted by atomic mass is 10.2. The molecule has 1 aromatic carbocycles. The number of hydrogen-bond donors (Lipinski definition) is 1. The number of aromatic nitrogens is 2. The molecule has 0 aliphatic rings. The van der Waals surface area contributed by atoms with Crippen LogP contribution in [0.3, 0.4) is 0 Å². The van der Waals surface area contributed by atoms with Crippen LogP contribution in [0.2, 0.25) is 0 Å². The van der Waals surface area contributed by atoms with Crippen molar-refractivity contribution in [3.05, 3.63) is 39.8 Å². The van der Waals surface area contributed by atoms with Crippen molar-refractivity contribution in [2.24, 2.45) is 0 Å². The van der Waals surface area contributed by atoms with Crippen LogP contribution in [0.1, 0.15) is 32.6 Å². The van der Waals surface area contributed by atoms with Crippen LogP contribution in [0, 0.1) is 6.92 Å². The van der Waals surface area contributed by atoms with Crippen molar-refractivity contribution >= 4 is 49.7 Å². The van der Waals surface area contributed by atoms with Gasteiger partial charge >= 0.3 is 0 Å². The Labute approximate surface area is 128 Å². The van der Waals surface area contributed by atoms with Crippen LogP contribution in [-0.2, 0) is 0 Å². The van der Waals surface area contributed by atoms with E-state index in [0.29, 0.717) is 21.3 Å². The molecule has 21 heavy (non-hydrogen) atoms. The van der Waals surface area contributed by atoms with Crippen molar-refractivity contribution < 1.29 is 9.59 Å². The molecule has 2 aromatic heterocycles. The van der Waals surface area contributed by atoms with E-state index in [-0.39, 0.29) is 11.7 Å². The fraction of sp³-hybridized carbons (Fsp3) is 0.143. The van der Waals surface area contributed by atoms with Gasteiger partial charge in [0, 0.05) is 12.5 Å². The van der Waals surface area contributed by atoms with Gasteiger partial charge in [0.1, 0.15) is 0 Å². The minimum absolute atomic E-state index is 0.0448. The minimum atomic E-state index is -0.242. The number of hydrogen-bond acceptors (Lipinski definition) is 6. The number of Topliss-reactive ketones (excluding diaryl/α,β-unsaturated/α-hetero) is 1. The Bertz CT molecular complexity index is 851. The number of carbonyl (C=O) groups is 2. The zero-order chi connectivity index (χ0) is 15.0. The van der Waals surface area contributed by atoms with Crippen molar-refractivity contribution in [2.75, 3.05) is 5.32 Å². The normalized spacial score (nSPS) is 10.8. The summed E-state index contributed by atoms with van der Waals surface area (Å²) in [5.41, 5.74) is 3.81. The molecule has 0 saturated heterocycles. The number of rotatable bonds is 3. The van der Waals surface area contributed by atoms with Gasteiger partial charge in [-0.1, -0.05) is 11.3 Å². The first kappa shape index (κ1) is 13.8. The standard InChI is InChI=1S/C14H11N3O2S2/c1-7-12(8(2)18)21-14(16-7)17-13(19)9-3-4-10-11(5-9)20-6-15-10/h3-6H,1-2H3,(H,16,17,19). The summed E-state index contributed by atoms with van der Waals surface area (Å²) in [4.78, 5) is 32.6. The van der Waals surface area contributed by atoms with Crippen molar-refractivity contribution in [2.45, 2.75) is 13.8 Å². The molecular weight excluding hydrogens is 306 g/mol. The molecule has 0 bridgehead atoms. The summed E-state index contributed by atoms with van der Waals surface area (Å²) in [5, 5.41) is 3.17. The number of aryl methyl sites for hydroxylation is 1. The van der Waals surface area contributed by atoms with E-state index in [1.54, 1.807) is 24.6 Å². The fourth-order valence-electron chi connectivity index (χ4n) is 1.94. The van der Waals surface area contributed by atoms with Crippen molar-refractivity contribution in [1.29, 1.82) is 0 Å². The second-order valence-electron chi connectivity index (χ2n) is 4.48. The van der Waals surface area contributed by atoms with Crippen molar-refractivity contribution in [3.8, 4) is 0 Å². The molecule has 106 valence electrons. The van der Waals surface area contributed by atoms with Gasteiger partial charge in [0.25, 0.3) is 5.91 Å². The summed E-state index contributed by atoms with van der Waals surface area (Å²) in [6.45, 7) is 3.25. The molecule has 3 rings (SSSR count). The van der Waals surface area contributed by atoms with Gasteiger partial charge in [-0.3, -0.25) is 14.9 Å². The third kappa shape index (κ3) is 2.70. The van der Waals surface area contributed by atoms with Gasteiger partial charge in [-0.25, -0.2) is 9.97 Å². The topological polar surface area (TPSA) is 72.0 Å². The van der Waals surface area contributed by atoms with Gasteiger partial charge < -0.3 is 0 Å². The maximum Gasteiger partial charge on any atom is 0.257 e. The second kappa shape index (κ2) is 5.34. The number of fused-ring (bicyclic) bond motifs is 1. The van der Waals surface area contributed by atoms with E-state index in [2.05, 4.69) is 15.3 Å². The van der Waals surface area contributed by atoms with E-state index >= 15 is 0 Å². The molecule has 5 nitrogen and oxygen atoms in total. The largest absolute Gasteiger partial charge is 0.298 e. The molecule has 0 radical (unpaired) electrons. The van der Waals surface area contributed by atoms with Gasteiger partial charge in [-0.2, -0.15) is 0 Å². The summed E-state index contributed by atoms with van der Waals surface area (Å²) in [7, 11) is 0. The highest BCUT2D eigenvalue weighted by atomic mass is 32.1. The Morgan fingerprint density at radius 1 is 1.29 bits per heavy atom. The van der Waals surface area contributed by atoms with Crippen LogP contribution in [-0.4, -0.2) is 21.7 Å². The average molecular weight is 317 g/mol. The molecule has 0 spiro atoms.